The van der Waals surface area contributed by atoms with Crippen LogP contribution in [0.1, 0.15) is 56.9 Å². The fraction of sp³-hybridized carbons (Fsp3) is 0.458. The van der Waals surface area contributed by atoms with Gasteiger partial charge >= 0.3 is 5.97 Å². The zero-order valence-electron chi connectivity index (χ0n) is 18.2. The molecule has 0 spiro atoms. The van der Waals surface area contributed by atoms with Gasteiger partial charge in [-0.05, 0) is 50.3 Å². The van der Waals surface area contributed by atoms with Crippen molar-refractivity contribution in [1.29, 1.82) is 0 Å². The fourth-order valence-electron chi connectivity index (χ4n) is 4.98. The lowest BCUT2D eigenvalue weighted by Gasteiger charge is -2.42. The van der Waals surface area contributed by atoms with Gasteiger partial charge in [-0.15, -0.1) is 0 Å². The summed E-state index contributed by atoms with van der Waals surface area (Å²) in [6.45, 7) is 1.55. The number of hydrogen-bond acceptors (Lipinski definition) is 6. The first-order chi connectivity index (χ1) is 15.3. The molecule has 0 unspecified atom stereocenters. The number of ether oxygens (including phenoxy) is 2. The molecule has 3 aliphatic rings. The summed E-state index contributed by atoms with van der Waals surface area (Å²) >= 11 is 6.51. The Kier molecular flexibility index (Phi) is 6.29. The van der Waals surface area contributed by atoms with Crippen molar-refractivity contribution in [2.45, 2.75) is 51.4 Å². The van der Waals surface area contributed by atoms with Crippen LogP contribution in [0.2, 0.25) is 5.02 Å². The highest BCUT2D eigenvalue weighted by molar-refractivity contribution is 6.32. The summed E-state index contributed by atoms with van der Waals surface area (Å²) in [7, 11) is 1.94. The predicted octanol–water partition coefficient (Wildman–Crippen LogP) is 4.25. The molecule has 0 atom stereocenters. The van der Waals surface area contributed by atoms with E-state index in [1.807, 2.05) is 11.9 Å². The number of benzene rings is 1. The summed E-state index contributed by atoms with van der Waals surface area (Å²) in [5, 5.41) is 9.17. The summed E-state index contributed by atoms with van der Waals surface area (Å²) in [6, 6.07) is 3.39. The zero-order chi connectivity index (χ0) is 23.0. The molecule has 1 aromatic rings. The van der Waals surface area contributed by atoms with Crippen molar-refractivity contribution in [2.24, 2.45) is 0 Å². The van der Waals surface area contributed by atoms with E-state index in [9.17, 15) is 14.4 Å². The lowest BCUT2D eigenvalue weighted by atomic mass is 9.71. The molecule has 32 heavy (non-hydrogen) atoms. The molecule has 1 heterocycles. The summed E-state index contributed by atoms with van der Waals surface area (Å²) < 4.78 is 11.1. The SMILES string of the molecule is CCOc1cc(C2C3=C(CCCC3=O)N(C)C3=C2C(=O)CCC3)cc(Cl)c1OCC(=O)O. The first-order valence-electron chi connectivity index (χ1n) is 10.9. The third-order valence-electron chi connectivity index (χ3n) is 6.25. The number of carbonyl (C=O) groups is 3. The first kappa shape index (κ1) is 22.4. The third kappa shape index (κ3) is 3.90. The Hall–Kier alpha value is -2.80. The zero-order valence-corrected chi connectivity index (χ0v) is 19.0. The van der Waals surface area contributed by atoms with Crippen LogP contribution in [0.3, 0.4) is 0 Å². The van der Waals surface area contributed by atoms with Gasteiger partial charge in [-0.2, -0.15) is 0 Å². The molecule has 7 nitrogen and oxygen atoms in total. The maximum atomic E-state index is 13.1. The average Bonchev–Trinajstić information content (AvgIpc) is 2.74. The quantitative estimate of drug-likeness (QED) is 0.679. The van der Waals surface area contributed by atoms with Crippen molar-refractivity contribution < 1.29 is 29.0 Å². The van der Waals surface area contributed by atoms with Gasteiger partial charge in [-0.25, -0.2) is 4.79 Å². The predicted molar refractivity (Wildman–Crippen MR) is 118 cm³/mol. The van der Waals surface area contributed by atoms with Gasteiger partial charge in [-0.1, -0.05) is 11.6 Å². The van der Waals surface area contributed by atoms with Gasteiger partial charge in [0.05, 0.1) is 11.6 Å². The van der Waals surface area contributed by atoms with Crippen molar-refractivity contribution in [2.75, 3.05) is 20.3 Å². The van der Waals surface area contributed by atoms with Crippen LogP contribution in [0.25, 0.3) is 0 Å². The van der Waals surface area contributed by atoms with Gasteiger partial charge in [0.15, 0.2) is 29.7 Å². The van der Waals surface area contributed by atoms with Gasteiger partial charge in [0.2, 0.25) is 0 Å². The molecular weight excluding hydrogens is 434 g/mol. The molecule has 0 saturated heterocycles. The molecule has 1 aromatic carbocycles. The largest absolute Gasteiger partial charge is 0.490 e. The second-order valence-electron chi connectivity index (χ2n) is 8.21. The van der Waals surface area contributed by atoms with Crippen LogP contribution in [0.15, 0.2) is 34.7 Å². The number of aliphatic carboxylic acids is 1. The molecule has 8 heteroatoms. The molecule has 1 N–H and O–H groups in total. The molecule has 0 radical (unpaired) electrons. The van der Waals surface area contributed by atoms with E-state index in [0.29, 0.717) is 41.9 Å². The molecule has 0 bridgehead atoms. The van der Waals surface area contributed by atoms with Crippen LogP contribution >= 0.6 is 11.6 Å². The van der Waals surface area contributed by atoms with E-state index in [-0.39, 0.29) is 22.3 Å². The van der Waals surface area contributed by atoms with Gasteiger partial charge < -0.3 is 19.5 Å². The lowest BCUT2D eigenvalue weighted by Crippen LogP contribution is -2.37. The molecular formula is C24H26ClNO6. The smallest absolute Gasteiger partial charge is 0.341 e. The van der Waals surface area contributed by atoms with Crippen LogP contribution in [-0.2, 0) is 14.4 Å². The summed E-state index contributed by atoms with van der Waals surface area (Å²) in [4.78, 5) is 39.2. The number of carbonyl (C=O) groups excluding carboxylic acids is 2. The molecule has 0 aromatic heterocycles. The van der Waals surface area contributed by atoms with E-state index < -0.39 is 18.5 Å². The summed E-state index contributed by atoms with van der Waals surface area (Å²) in [5.41, 5.74) is 3.94. The van der Waals surface area contributed by atoms with E-state index in [2.05, 4.69) is 0 Å². The van der Waals surface area contributed by atoms with Gasteiger partial charge in [0.25, 0.3) is 0 Å². The monoisotopic (exact) mass is 459 g/mol. The van der Waals surface area contributed by atoms with Crippen molar-refractivity contribution in [3.63, 3.8) is 0 Å². The van der Waals surface area contributed by atoms with Crippen molar-refractivity contribution in [3.8, 4) is 11.5 Å². The number of allylic oxidation sites excluding steroid dienone is 4. The van der Waals surface area contributed by atoms with Crippen LogP contribution < -0.4 is 9.47 Å². The fourth-order valence-corrected chi connectivity index (χ4v) is 5.25. The normalized spacial score (nSPS) is 19.2. The van der Waals surface area contributed by atoms with Crippen molar-refractivity contribution in [1.82, 2.24) is 4.90 Å². The van der Waals surface area contributed by atoms with Crippen LogP contribution in [0.5, 0.6) is 11.5 Å². The Morgan fingerprint density at radius 3 is 2.19 bits per heavy atom. The first-order valence-corrected chi connectivity index (χ1v) is 11.3. The topological polar surface area (TPSA) is 93.1 Å². The maximum Gasteiger partial charge on any atom is 0.341 e. The highest BCUT2D eigenvalue weighted by Gasteiger charge is 2.42. The number of carboxylic acids is 1. The Morgan fingerprint density at radius 1 is 1.06 bits per heavy atom. The second kappa shape index (κ2) is 8.98. The Morgan fingerprint density at radius 2 is 1.66 bits per heavy atom. The highest BCUT2D eigenvalue weighted by Crippen LogP contribution is 2.50. The van der Waals surface area contributed by atoms with Crippen molar-refractivity contribution in [3.05, 3.63) is 45.3 Å². The van der Waals surface area contributed by atoms with E-state index in [1.54, 1.807) is 19.1 Å². The molecule has 2 aliphatic carbocycles. The minimum Gasteiger partial charge on any atom is -0.490 e. The Labute approximate surface area is 191 Å². The van der Waals surface area contributed by atoms with E-state index in [1.165, 1.54) is 0 Å². The van der Waals surface area contributed by atoms with Crippen LogP contribution in [0, 0.1) is 0 Å². The minimum atomic E-state index is -1.13. The lowest BCUT2D eigenvalue weighted by molar-refractivity contribution is -0.139. The van der Waals surface area contributed by atoms with Gasteiger partial charge in [0, 0.05) is 48.3 Å². The van der Waals surface area contributed by atoms with E-state index >= 15 is 0 Å². The summed E-state index contributed by atoms with van der Waals surface area (Å²) in [6.07, 6.45) is 4.05. The Bertz CT molecular complexity index is 1010. The molecule has 170 valence electrons. The number of ketones is 2. The maximum absolute atomic E-state index is 13.1. The second-order valence-corrected chi connectivity index (χ2v) is 8.62. The molecule has 4 rings (SSSR count). The number of hydrogen-bond donors (Lipinski definition) is 1. The molecule has 0 saturated carbocycles. The minimum absolute atomic E-state index is 0.0494. The highest BCUT2D eigenvalue weighted by atomic mass is 35.5. The van der Waals surface area contributed by atoms with Crippen LogP contribution in [-0.4, -0.2) is 47.8 Å². The van der Waals surface area contributed by atoms with Crippen molar-refractivity contribution >= 4 is 29.1 Å². The van der Waals surface area contributed by atoms with E-state index in [4.69, 9.17) is 26.2 Å². The number of halogens is 1. The molecule has 1 aliphatic heterocycles. The number of rotatable bonds is 6. The number of nitrogens with zero attached hydrogens (tertiary/aromatic N) is 1. The third-order valence-corrected chi connectivity index (χ3v) is 6.53. The average molecular weight is 460 g/mol. The van der Waals surface area contributed by atoms with Gasteiger partial charge in [-0.3, -0.25) is 9.59 Å². The number of Topliss-reactive ketones (excluding diaryl/α,β-unsaturated/α-hetero) is 2. The van der Waals surface area contributed by atoms with Gasteiger partial charge in [0.1, 0.15) is 0 Å². The Balaban J connectivity index is 1.89. The molecule has 0 amide bonds. The standard InChI is InChI=1S/C24H26ClNO6/c1-3-31-19-11-13(10-14(25)24(19)32-12-20(29)30)21-22-15(6-4-8-17(22)27)26(2)16-7-5-9-18(28)23(16)21/h10-11,21H,3-9,12H2,1-2H3,(H,29,30). The van der Waals surface area contributed by atoms with E-state index in [0.717, 1.165) is 37.1 Å². The number of carboxylic acid groups (broad SMARTS) is 1. The van der Waals surface area contributed by atoms with Crippen LogP contribution in [0.4, 0.5) is 0 Å². The molecule has 0 fully saturated rings. The summed E-state index contributed by atoms with van der Waals surface area (Å²) in [5.74, 6) is -1.11.